The van der Waals surface area contributed by atoms with Gasteiger partial charge in [0.05, 0.1) is 10.5 Å². The topological polar surface area (TPSA) is 65.5 Å². The van der Waals surface area contributed by atoms with Crippen molar-refractivity contribution in [1.82, 2.24) is 9.88 Å². The van der Waals surface area contributed by atoms with Crippen LogP contribution in [0, 0.1) is 5.95 Å². The van der Waals surface area contributed by atoms with Gasteiger partial charge in [0.1, 0.15) is 5.82 Å². The summed E-state index contributed by atoms with van der Waals surface area (Å²) in [5.74, 6) is -1.08. The molecule has 1 aliphatic heterocycles. The summed E-state index contributed by atoms with van der Waals surface area (Å²) >= 11 is 0. The first kappa shape index (κ1) is 25.5. The van der Waals surface area contributed by atoms with E-state index in [4.69, 9.17) is 0 Å². The Balaban J connectivity index is 1.47. The summed E-state index contributed by atoms with van der Waals surface area (Å²) in [5.41, 5.74) is 2.44. The van der Waals surface area contributed by atoms with E-state index in [9.17, 15) is 26.0 Å². The molecule has 3 aromatic rings. The molecule has 1 unspecified atom stereocenters. The maximum Gasteiger partial charge on any atom is 0.416 e. The van der Waals surface area contributed by atoms with E-state index in [0.29, 0.717) is 31.6 Å². The average molecular weight is 535 g/mol. The summed E-state index contributed by atoms with van der Waals surface area (Å²) in [6.07, 6.45) is -3.20. The van der Waals surface area contributed by atoms with Crippen LogP contribution in [0.3, 0.4) is 0 Å². The number of halogens is 4. The van der Waals surface area contributed by atoms with Crippen molar-refractivity contribution in [2.45, 2.75) is 29.8 Å². The minimum absolute atomic E-state index is 0.0182. The van der Waals surface area contributed by atoms with Gasteiger partial charge >= 0.3 is 6.18 Å². The summed E-state index contributed by atoms with van der Waals surface area (Å²) in [5, 5.41) is 0. The number of pyridine rings is 1. The predicted molar refractivity (Wildman–Crippen MR) is 133 cm³/mol. The summed E-state index contributed by atoms with van der Waals surface area (Å²) < 4.78 is 82.2. The van der Waals surface area contributed by atoms with Gasteiger partial charge in [-0.05, 0) is 73.0 Å². The van der Waals surface area contributed by atoms with Gasteiger partial charge in [0, 0.05) is 37.8 Å². The molecule has 2 aromatic carbocycles. The van der Waals surface area contributed by atoms with Crippen molar-refractivity contribution in [3.8, 4) is 0 Å². The number of sulfonamides is 1. The van der Waals surface area contributed by atoms with E-state index in [2.05, 4.69) is 14.6 Å². The molecule has 0 amide bonds. The second-order valence-electron chi connectivity index (χ2n) is 9.46. The highest BCUT2D eigenvalue weighted by Crippen LogP contribution is 2.44. The second kappa shape index (κ2) is 9.60. The molecule has 37 heavy (non-hydrogen) atoms. The van der Waals surface area contributed by atoms with E-state index in [1.54, 1.807) is 18.2 Å². The highest BCUT2D eigenvalue weighted by Gasteiger charge is 2.34. The van der Waals surface area contributed by atoms with Crippen molar-refractivity contribution in [2.24, 2.45) is 0 Å². The second-order valence-corrected chi connectivity index (χ2v) is 11.1. The molecule has 2 heterocycles. The van der Waals surface area contributed by atoms with Gasteiger partial charge in [-0.15, -0.1) is 0 Å². The highest BCUT2D eigenvalue weighted by atomic mass is 32.2. The molecule has 1 N–H and O–H groups in total. The largest absolute Gasteiger partial charge is 0.416 e. The molecule has 6 nitrogen and oxygen atoms in total. The summed E-state index contributed by atoms with van der Waals surface area (Å²) in [6, 6.07) is 12.5. The molecular weight excluding hydrogens is 508 g/mol. The Morgan fingerprint density at radius 1 is 0.973 bits per heavy atom. The number of fused-ring (bicyclic) bond motifs is 1. The lowest BCUT2D eigenvalue weighted by atomic mass is 9.90. The first-order valence-corrected chi connectivity index (χ1v) is 13.4. The third-order valence-electron chi connectivity index (χ3n) is 7.03. The van der Waals surface area contributed by atoms with Crippen LogP contribution in [0.15, 0.2) is 59.5 Å². The Labute approximate surface area is 213 Å². The van der Waals surface area contributed by atoms with Gasteiger partial charge in [0.15, 0.2) is 0 Å². The normalized spacial score (nSPS) is 18.6. The SMILES string of the molecule is CN1CCN(c2cc(C(F)(F)F)ccc2C2CCc3cc(S(=O)(=O)Nc4cccc(F)n4)ccc32)CC1. The third kappa shape index (κ3) is 5.28. The Kier molecular flexibility index (Phi) is 6.61. The summed E-state index contributed by atoms with van der Waals surface area (Å²) in [4.78, 5) is 7.72. The van der Waals surface area contributed by atoms with Gasteiger partial charge in [0.2, 0.25) is 5.95 Å². The fourth-order valence-corrected chi connectivity index (χ4v) is 6.13. The summed E-state index contributed by atoms with van der Waals surface area (Å²) in [7, 11) is -2.01. The van der Waals surface area contributed by atoms with Crippen molar-refractivity contribution in [3.05, 3.63) is 82.8 Å². The number of nitrogens with one attached hydrogen (secondary N) is 1. The van der Waals surface area contributed by atoms with Crippen LogP contribution in [0.1, 0.15) is 34.6 Å². The molecule has 0 bridgehead atoms. The van der Waals surface area contributed by atoms with Crippen LogP contribution in [-0.2, 0) is 22.6 Å². The van der Waals surface area contributed by atoms with Gasteiger partial charge in [-0.25, -0.2) is 13.4 Å². The molecule has 0 saturated carbocycles. The number of hydrogen-bond donors (Lipinski definition) is 1. The number of rotatable bonds is 5. The van der Waals surface area contributed by atoms with Gasteiger partial charge in [-0.3, -0.25) is 4.72 Å². The van der Waals surface area contributed by atoms with E-state index in [1.165, 1.54) is 24.3 Å². The number of aryl methyl sites for hydroxylation is 1. The first-order chi connectivity index (χ1) is 17.5. The Bertz CT molecular complexity index is 1420. The molecule has 1 fully saturated rings. The number of piperazine rings is 1. The number of alkyl halides is 3. The fourth-order valence-electron chi connectivity index (χ4n) is 5.08. The maximum absolute atomic E-state index is 13.6. The Hall–Kier alpha value is -3.18. The molecular formula is C26H26F4N4O2S. The highest BCUT2D eigenvalue weighted by molar-refractivity contribution is 7.92. The van der Waals surface area contributed by atoms with Crippen LogP contribution < -0.4 is 9.62 Å². The molecule has 1 atom stereocenters. The summed E-state index contributed by atoms with van der Waals surface area (Å²) in [6.45, 7) is 2.76. The molecule has 0 spiro atoms. The van der Waals surface area contributed by atoms with Crippen LogP contribution >= 0.6 is 0 Å². The van der Waals surface area contributed by atoms with Crippen molar-refractivity contribution in [1.29, 1.82) is 0 Å². The lowest BCUT2D eigenvalue weighted by Gasteiger charge is -2.36. The maximum atomic E-state index is 13.6. The van der Waals surface area contributed by atoms with Gasteiger partial charge in [-0.1, -0.05) is 18.2 Å². The third-order valence-corrected chi connectivity index (χ3v) is 8.39. The molecule has 0 radical (unpaired) electrons. The number of anilines is 2. The first-order valence-electron chi connectivity index (χ1n) is 11.9. The van der Waals surface area contributed by atoms with E-state index < -0.39 is 27.7 Å². The van der Waals surface area contributed by atoms with Crippen molar-refractivity contribution in [3.63, 3.8) is 0 Å². The van der Waals surface area contributed by atoms with Crippen molar-refractivity contribution < 1.29 is 26.0 Å². The lowest BCUT2D eigenvalue weighted by molar-refractivity contribution is -0.137. The van der Waals surface area contributed by atoms with E-state index in [0.717, 1.165) is 41.9 Å². The minimum Gasteiger partial charge on any atom is -0.369 e. The van der Waals surface area contributed by atoms with E-state index in [1.807, 2.05) is 11.9 Å². The minimum atomic E-state index is -4.44. The van der Waals surface area contributed by atoms with Crippen molar-refractivity contribution in [2.75, 3.05) is 42.8 Å². The zero-order valence-electron chi connectivity index (χ0n) is 20.1. The molecule has 1 aromatic heterocycles. The molecule has 11 heteroatoms. The number of likely N-dealkylation sites (N-methyl/N-ethyl adjacent to an activating group) is 1. The van der Waals surface area contributed by atoms with Crippen LogP contribution in [0.5, 0.6) is 0 Å². The molecule has 2 aliphatic rings. The quantitative estimate of drug-likeness (QED) is 0.374. The molecule has 196 valence electrons. The van der Waals surface area contributed by atoms with Crippen LogP contribution in [0.25, 0.3) is 0 Å². The zero-order chi connectivity index (χ0) is 26.4. The molecule has 1 saturated heterocycles. The van der Waals surface area contributed by atoms with Gasteiger partial charge in [-0.2, -0.15) is 17.6 Å². The number of hydrogen-bond acceptors (Lipinski definition) is 5. The lowest BCUT2D eigenvalue weighted by Crippen LogP contribution is -2.45. The predicted octanol–water partition coefficient (Wildman–Crippen LogP) is 4.87. The monoisotopic (exact) mass is 534 g/mol. The van der Waals surface area contributed by atoms with E-state index >= 15 is 0 Å². The van der Waals surface area contributed by atoms with E-state index in [-0.39, 0.29) is 16.6 Å². The van der Waals surface area contributed by atoms with Crippen LogP contribution in [0.2, 0.25) is 0 Å². The smallest absolute Gasteiger partial charge is 0.369 e. The Morgan fingerprint density at radius 2 is 1.70 bits per heavy atom. The van der Waals surface area contributed by atoms with Crippen LogP contribution in [0.4, 0.5) is 29.1 Å². The molecule has 5 rings (SSSR count). The number of aromatic nitrogens is 1. The fraction of sp³-hybridized carbons (Fsp3) is 0.346. The zero-order valence-corrected chi connectivity index (χ0v) is 20.9. The molecule has 1 aliphatic carbocycles. The van der Waals surface area contributed by atoms with Gasteiger partial charge < -0.3 is 9.80 Å². The Morgan fingerprint density at radius 3 is 2.41 bits per heavy atom. The standard InChI is InChI=1S/C26H26F4N4O2S/c1-33-11-13-34(14-12-33)23-16-18(26(28,29)30)6-9-22(23)21-8-5-17-15-19(7-10-20(17)21)37(35,36)32-25-4-2-3-24(27)31-25/h2-4,6-7,9-10,15-16,21H,5,8,11-14H2,1H3,(H,31,32). The van der Waals surface area contributed by atoms with Crippen molar-refractivity contribution >= 4 is 21.5 Å². The van der Waals surface area contributed by atoms with Gasteiger partial charge in [0.25, 0.3) is 10.0 Å². The number of nitrogens with zero attached hydrogens (tertiary/aromatic N) is 3. The average Bonchev–Trinajstić information content (AvgIpc) is 3.27. The van der Waals surface area contributed by atoms with Crippen LogP contribution in [-0.4, -0.2) is 51.5 Å². The number of benzene rings is 2.